The number of esters is 1. The van der Waals surface area contributed by atoms with Gasteiger partial charge in [0.1, 0.15) is 13.2 Å². The Balaban J connectivity index is 3.03. The molecule has 0 aromatic carbocycles. The molecule has 5 nitrogen and oxygen atoms in total. The second-order valence-electron chi connectivity index (χ2n) is 1.39. The average molecular weight is 147 g/mol. The minimum Gasteiger partial charge on any atom is -0.464 e. The Morgan fingerprint density at radius 2 is 2.20 bits per heavy atom. The highest BCUT2D eigenvalue weighted by atomic mass is 16.6. The molecule has 0 saturated heterocycles. The van der Waals surface area contributed by atoms with Crippen LogP contribution in [0.25, 0.3) is 0 Å². The maximum Gasteiger partial charge on any atom is 0.319 e. The molecule has 0 unspecified atom stereocenters. The van der Waals surface area contributed by atoms with E-state index in [1.165, 1.54) is 0 Å². The molecule has 0 aliphatic heterocycles. The number of carbonyl (C=O) groups excluding carboxylic acids is 2. The lowest BCUT2D eigenvalue weighted by atomic mass is 10.7. The van der Waals surface area contributed by atoms with Gasteiger partial charge in [0.2, 0.25) is 0 Å². The molecule has 0 atom stereocenters. The van der Waals surface area contributed by atoms with E-state index in [-0.39, 0.29) is 26.2 Å². The smallest absolute Gasteiger partial charge is 0.319 e. The second-order valence-corrected chi connectivity index (χ2v) is 1.39. The van der Waals surface area contributed by atoms with Crippen molar-refractivity contribution in [2.24, 2.45) is 5.73 Å². The molecule has 0 aliphatic carbocycles. The van der Waals surface area contributed by atoms with E-state index in [1.54, 1.807) is 0 Å². The van der Waals surface area contributed by atoms with Crippen LogP contribution in [0.4, 0.5) is 0 Å². The molecule has 0 aliphatic rings. The van der Waals surface area contributed by atoms with Gasteiger partial charge in [-0.2, -0.15) is 0 Å². The molecule has 0 aromatic heterocycles. The first-order chi connectivity index (χ1) is 4.81. The molecule has 0 amide bonds. The predicted molar refractivity (Wildman–Crippen MR) is 32.0 cm³/mol. The number of hydrogen-bond donors (Lipinski definition) is 1. The van der Waals surface area contributed by atoms with Gasteiger partial charge < -0.3 is 15.2 Å². The van der Waals surface area contributed by atoms with E-state index in [9.17, 15) is 9.59 Å². The number of rotatable bonds is 5. The summed E-state index contributed by atoms with van der Waals surface area (Å²) in [6.07, 6.45) is 0. The van der Waals surface area contributed by atoms with Crippen molar-refractivity contribution >= 4 is 12.4 Å². The third kappa shape index (κ3) is 5.04. The van der Waals surface area contributed by atoms with Crippen LogP contribution in [0.1, 0.15) is 0 Å². The van der Waals surface area contributed by atoms with Crippen LogP contribution in [-0.2, 0) is 19.1 Å². The largest absolute Gasteiger partial charge is 0.464 e. The second kappa shape index (κ2) is 6.03. The van der Waals surface area contributed by atoms with Gasteiger partial charge >= 0.3 is 5.97 Å². The summed E-state index contributed by atoms with van der Waals surface area (Å²) in [6, 6.07) is 0. The standard InChI is InChI=1S/C5H9NO4/c6-3-5(8)10-2-1-9-4-7/h4H,1-3,6H2. The zero-order valence-corrected chi connectivity index (χ0v) is 5.41. The molecule has 0 radical (unpaired) electrons. The molecular weight excluding hydrogens is 138 g/mol. The van der Waals surface area contributed by atoms with Gasteiger partial charge in [-0.05, 0) is 0 Å². The van der Waals surface area contributed by atoms with Gasteiger partial charge in [-0.15, -0.1) is 0 Å². The minimum atomic E-state index is -0.505. The maximum atomic E-state index is 10.3. The first kappa shape index (κ1) is 8.90. The summed E-state index contributed by atoms with van der Waals surface area (Å²) in [5.41, 5.74) is 4.90. The molecule has 0 spiro atoms. The molecule has 0 saturated carbocycles. The summed E-state index contributed by atoms with van der Waals surface area (Å²) in [6.45, 7) is 0.279. The van der Waals surface area contributed by atoms with Crippen molar-refractivity contribution in [3.05, 3.63) is 0 Å². The van der Waals surface area contributed by atoms with E-state index in [1.807, 2.05) is 0 Å². The Morgan fingerprint density at radius 3 is 2.70 bits per heavy atom. The van der Waals surface area contributed by atoms with Crippen molar-refractivity contribution in [1.29, 1.82) is 0 Å². The topological polar surface area (TPSA) is 78.6 Å². The van der Waals surface area contributed by atoms with Crippen LogP contribution >= 0.6 is 0 Å². The Labute approximate surface area is 58.1 Å². The molecular formula is C5H9NO4. The highest BCUT2D eigenvalue weighted by Gasteiger charge is 1.96. The highest BCUT2D eigenvalue weighted by molar-refractivity contribution is 5.71. The van der Waals surface area contributed by atoms with Gasteiger partial charge in [0.25, 0.3) is 6.47 Å². The highest BCUT2D eigenvalue weighted by Crippen LogP contribution is 1.75. The third-order valence-corrected chi connectivity index (χ3v) is 0.699. The molecule has 2 N–H and O–H groups in total. The van der Waals surface area contributed by atoms with Gasteiger partial charge in [0, 0.05) is 0 Å². The van der Waals surface area contributed by atoms with E-state index >= 15 is 0 Å². The van der Waals surface area contributed by atoms with E-state index in [0.717, 1.165) is 0 Å². The van der Waals surface area contributed by atoms with Gasteiger partial charge in [-0.1, -0.05) is 0 Å². The van der Waals surface area contributed by atoms with Crippen LogP contribution in [-0.4, -0.2) is 32.2 Å². The van der Waals surface area contributed by atoms with Gasteiger partial charge in [-0.25, -0.2) is 0 Å². The van der Waals surface area contributed by atoms with Crippen molar-refractivity contribution in [3.63, 3.8) is 0 Å². The lowest BCUT2D eigenvalue weighted by Gasteiger charge is -1.99. The first-order valence-electron chi connectivity index (χ1n) is 2.72. The monoisotopic (exact) mass is 147 g/mol. The van der Waals surface area contributed by atoms with Crippen LogP contribution in [0.5, 0.6) is 0 Å². The molecule has 58 valence electrons. The lowest BCUT2D eigenvalue weighted by Crippen LogP contribution is -2.18. The summed E-state index contributed by atoms with van der Waals surface area (Å²) in [7, 11) is 0. The number of hydrogen-bond acceptors (Lipinski definition) is 5. The van der Waals surface area contributed by atoms with Crippen LogP contribution in [0.2, 0.25) is 0 Å². The maximum absolute atomic E-state index is 10.3. The lowest BCUT2D eigenvalue weighted by molar-refractivity contribution is -0.145. The first-order valence-corrected chi connectivity index (χ1v) is 2.72. The van der Waals surface area contributed by atoms with E-state index in [4.69, 9.17) is 5.73 Å². The fourth-order valence-electron chi connectivity index (χ4n) is 0.311. The van der Waals surface area contributed by atoms with Gasteiger partial charge in [0.05, 0.1) is 6.54 Å². The summed E-state index contributed by atoms with van der Waals surface area (Å²) >= 11 is 0. The van der Waals surface area contributed by atoms with E-state index in [0.29, 0.717) is 0 Å². The number of carbonyl (C=O) groups is 2. The predicted octanol–water partition coefficient (Wildman–Crippen LogP) is -1.34. The molecule has 0 heterocycles. The Bertz CT molecular complexity index is 114. The van der Waals surface area contributed by atoms with Crippen molar-refractivity contribution in [2.45, 2.75) is 0 Å². The SMILES string of the molecule is NCC(=O)OCCOC=O. The van der Waals surface area contributed by atoms with E-state index < -0.39 is 5.97 Å². The average Bonchev–Trinajstić information content (AvgIpc) is 1.98. The van der Waals surface area contributed by atoms with Gasteiger partial charge in [0.15, 0.2) is 0 Å². The number of ether oxygens (including phenoxy) is 2. The fourth-order valence-corrected chi connectivity index (χ4v) is 0.311. The molecule has 0 bridgehead atoms. The van der Waals surface area contributed by atoms with Crippen LogP contribution < -0.4 is 5.73 Å². The quantitative estimate of drug-likeness (QED) is 0.296. The molecule has 5 heteroatoms. The molecule has 0 rings (SSSR count). The van der Waals surface area contributed by atoms with E-state index in [2.05, 4.69) is 9.47 Å². The summed E-state index contributed by atoms with van der Waals surface area (Å²) in [4.78, 5) is 19.8. The third-order valence-electron chi connectivity index (χ3n) is 0.699. The zero-order chi connectivity index (χ0) is 7.82. The van der Waals surface area contributed by atoms with Gasteiger partial charge in [-0.3, -0.25) is 9.59 Å². The zero-order valence-electron chi connectivity index (χ0n) is 5.41. The van der Waals surface area contributed by atoms with Crippen LogP contribution in [0.3, 0.4) is 0 Å². The summed E-state index contributed by atoms with van der Waals surface area (Å²) in [5.74, 6) is -0.505. The normalized spacial score (nSPS) is 8.50. The fraction of sp³-hybridized carbons (Fsp3) is 0.600. The Hall–Kier alpha value is -1.10. The van der Waals surface area contributed by atoms with Crippen LogP contribution in [0.15, 0.2) is 0 Å². The van der Waals surface area contributed by atoms with Crippen LogP contribution in [0, 0.1) is 0 Å². The Kier molecular flexibility index (Phi) is 5.36. The number of nitrogens with two attached hydrogens (primary N) is 1. The molecule has 0 fully saturated rings. The van der Waals surface area contributed by atoms with Crippen molar-refractivity contribution in [3.8, 4) is 0 Å². The van der Waals surface area contributed by atoms with Crippen molar-refractivity contribution in [1.82, 2.24) is 0 Å². The Morgan fingerprint density at radius 1 is 1.50 bits per heavy atom. The minimum absolute atomic E-state index is 0.0643. The molecule has 10 heavy (non-hydrogen) atoms. The summed E-state index contributed by atoms with van der Waals surface area (Å²) in [5, 5.41) is 0. The molecule has 0 aromatic rings. The van der Waals surface area contributed by atoms with Crippen molar-refractivity contribution in [2.75, 3.05) is 19.8 Å². The van der Waals surface area contributed by atoms with Crippen molar-refractivity contribution < 1.29 is 19.1 Å². The summed E-state index contributed by atoms with van der Waals surface area (Å²) < 4.78 is 8.68.